The Bertz CT molecular complexity index is 2060. The second-order valence-electron chi connectivity index (χ2n) is 17.9. The molecule has 52 heavy (non-hydrogen) atoms. The number of aromatic nitrogens is 1. The number of ether oxygens (including phenoxy) is 2. The average Bonchev–Trinajstić information content (AvgIpc) is 3.68. The minimum absolute atomic E-state index is 0.0233. The largest absolute Gasteiger partial charge is 0.468 e. The molecule has 7 bridgehead atoms. The summed E-state index contributed by atoms with van der Waals surface area (Å²) in [6.45, 7) is 6.16. The number of carbonyl (C=O) groups excluding carboxylic acids is 1. The molecule has 9 nitrogen and oxygen atoms in total. The average molecular weight is 705 g/mol. The van der Waals surface area contributed by atoms with Crippen LogP contribution in [0.2, 0.25) is 0 Å². The van der Waals surface area contributed by atoms with Gasteiger partial charge in [0.15, 0.2) is 5.79 Å². The van der Waals surface area contributed by atoms with Crippen molar-refractivity contribution in [3.8, 4) is 0 Å². The molecule has 9 heterocycles. The quantitative estimate of drug-likeness (QED) is 0.303. The van der Waals surface area contributed by atoms with Crippen molar-refractivity contribution >= 4 is 22.6 Å². The fraction of sp³-hybridized carbons (Fsp3) is 0.605. The van der Waals surface area contributed by atoms with Gasteiger partial charge < -0.3 is 29.2 Å². The summed E-state index contributed by atoms with van der Waals surface area (Å²) in [5.74, 6) is -0.903. The predicted octanol–water partition coefficient (Wildman–Crippen LogP) is 4.54. The number of anilines is 1. The Hall–Kier alpha value is -3.21. The number of benzene rings is 2. The van der Waals surface area contributed by atoms with Crippen LogP contribution in [-0.2, 0) is 33.2 Å². The van der Waals surface area contributed by atoms with Crippen LogP contribution in [0.3, 0.4) is 0 Å². The van der Waals surface area contributed by atoms with Crippen LogP contribution in [0, 0.1) is 29.1 Å². The number of likely N-dealkylation sites (N-methyl/N-ethyl adjacent to an activating group) is 1. The van der Waals surface area contributed by atoms with E-state index < -0.39 is 22.7 Å². The zero-order chi connectivity index (χ0) is 35.6. The minimum Gasteiger partial charge on any atom is -0.468 e. The summed E-state index contributed by atoms with van der Waals surface area (Å²) < 4.78 is 14.5. The number of piperidine rings is 5. The van der Waals surface area contributed by atoms with Crippen molar-refractivity contribution in [2.75, 3.05) is 38.8 Å². The number of aryl methyl sites for hydroxylation is 1. The van der Waals surface area contributed by atoms with Gasteiger partial charge in [-0.05, 0) is 82.2 Å². The number of para-hydroxylation sites is 2. The van der Waals surface area contributed by atoms with Gasteiger partial charge in [0.1, 0.15) is 5.41 Å². The van der Waals surface area contributed by atoms with Gasteiger partial charge in [0.25, 0.3) is 0 Å². The van der Waals surface area contributed by atoms with Crippen LogP contribution in [0.1, 0.15) is 62.4 Å². The van der Waals surface area contributed by atoms with E-state index in [-0.39, 0.29) is 42.0 Å². The van der Waals surface area contributed by atoms with Crippen LogP contribution in [0.5, 0.6) is 0 Å². The highest BCUT2D eigenvalue weighted by Gasteiger charge is 2.83. The first-order valence-electron chi connectivity index (χ1n) is 19.8. The van der Waals surface area contributed by atoms with E-state index in [1.165, 1.54) is 46.1 Å². The lowest BCUT2D eigenvalue weighted by Crippen LogP contribution is -2.72. The Labute approximate surface area is 306 Å². The number of hydrogen-bond acceptors (Lipinski definition) is 8. The maximum Gasteiger partial charge on any atom is 0.316 e. The van der Waals surface area contributed by atoms with Gasteiger partial charge in [0, 0.05) is 83.7 Å². The maximum atomic E-state index is 14.1. The third kappa shape index (κ3) is 3.53. The smallest absolute Gasteiger partial charge is 0.316 e. The van der Waals surface area contributed by atoms with Gasteiger partial charge in [-0.2, -0.15) is 0 Å². The highest BCUT2D eigenvalue weighted by atomic mass is 16.6. The predicted molar refractivity (Wildman–Crippen MR) is 198 cm³/mol. The fourth-order valence-corrected chi connectivity index (χ4v) is 14.6. The van der Waals surface area contributed by atoms with Gasteiger partial charge in [-0.25, -0.2) is 0 Å². The third-order valence-corrected chi connectivity index (χ3v) is 16.6. The molecule has 9 heteroatoms. The summed E-state index contributed by atoms with van der Waals surface area (Å²) in [6.07, 6.45) is 5.71. The lowest BCUT2D eigenvalue weighted by molar-refractivity contribution is -0.290. The molecule has 1 saturated carbocycles. The van der Waals surface area contributed by atoms with Crippen molar-refractivity contribution in [1.82, 2.24) is 14.4 Å². The van der Waals surface area contributed by atoms with E-state index in [2.05, 4.69) is 94.9 Å². The summed E-state index contributed by atoms with van der Waals surface area (Å²) >= 11 is 0. The Balaban J connectivity index is 0.970. The van der Waals surface area contributed by atoms with Gasteiger partial charge in [-0.3, -0.25) is 14.6 Å². The molecule has 0 radical (unpaired) electrons. The highest BCUT2D eigenvalue weighted by molar-refractivity contribution is 5.86. The lowest BCUT2D eigenvalue weighted by Gasteiger charge is -2.61. The number of methoxy groups -OCH3 is 1. The summed E-state index contributed by atoms with van der Waals surface area (Å²) in [5, 5.41) is 26.4. The van der Waals surface area contributed by atoms with Crippen molar-refractivity contribution in [3.63, 3.8) is 0 Å². The second-order valence-corrected chi connectivity index (χ2v) is 17.9. The van der Waals surface area contributed by atoms with E-state index in [9.17, 15) is 15.0 Å². The Morgan fingerprint density at radius 1 is 1.08 bits per heavy atom. The molecular formula is C43H52N4O5. The molecule has 1 aliphatic carbocycles. The third-order valence-electron chi connectivity index (χ3n) is 16.6. The number of aliphatic hydroxyl groups excluding tert-OH is 1. The number of esters is 1. The molecule has 2 N–H and O–H groups in total. The topological polar surface area (TPSA) is 90.6 Å². The molecule has 8 aliphatic heterocycles. The number of carbonyl (C=O) groups is 1. The van der Waals surface area contributed by atoms with E-state index in [1.807, 2.05) is 6.92 Å². The first-order chi connectivity index (χ1) is 25.1. The number of rotatable bonds is 4. The summed E-state index contributed by atoms with van der Waals surface area (Å²) in [7, 11) is 6.02. The van der Waals surface area contributed by atoms with Crippen molar-refractivity contribution in [2.24, 2.45) is 36.1 Å². The SMILES string of the molecule is C/C=C1/CN2[C@H]3C[C@@]45c6ccccc6N(CC[C@@H]6[C@@H]7C[C@H]8c9c(c%10ccccc%10n9C)C[C@@H]([C@@H]7COC6(C)O)N8C)[C@@H]4[C@@H]2C[C@@H]1[C@]3(C(=O)OC)[C@H]5O. The van der Waals surface area contributed by atoms with Gasteiger partial charge in [-0.1, -0.05) is 48.0 Å². The fourth-order valence-electron chi connectivity index (χ4n) is 14.6. The number of nitrogens with zero attached hydrogens (tertiary/aromatic N) is 4. The standard InChI is InChI=1S/C43H52N4O5/c1-6-23-21-47-35-19-30(23)43(40(49)51-5)36(47)20-42(39(43)48)29-12-8-10-14-32(29)46(38(35)42)16-15-28-25-17-34-37-26(24-11-7-9-13-31(24)45(37)4)18-33(44(34)3)27(25)22-52-41(28,2)50/h6-14,25,27-28,30,33-36,38-39,48,50H,15-22H2,1-5H3/b23-6-/t25-,27-,28-,30+,33+,34+,35+,36+,38-,39+,41?,42-,43-/m1/s1. The summed E-state index contributed by atoms with van der Waals surface area (Å²) in [4.78, 5) is 21.8. The molecule has 6 saturated heterocycles. The van der Waals surface area contributed by atoms with E-state index in [4.69, 9.17) is 9.47 Å². The van der Waals surface area contributed by atoms with Crippen LogP contribution in [0.25, 0.3) is 10.9 Å². The molecule has 9 aliphatic rings. The maximum absolute atomic E-state index is 14.1. The second kappa shape index (κ2) is 10.5. The van der Waals surface area contributed by atoms with Crippen LogP contribution in [-0.4, -0.2) is 100 Å². The van der Waals surface area contributed by atoms with E-state index in [0.717, 1.165) is 45.2 Å². The monoisotopic (exact) mass is 704 g/mol. The Morgan fingerprint density at radius 2 is 1.87 bits per heavy atom. The van der Waals surface area contributed by atoms with Gasteiger partial charge in [0.2, 0.25) is 0 Å². The molecule has 0 amide bonds. The molecular weight excluding hydrogens is 652 g/mol. The Morgan fingerprint density at radius 3 is 2.67 bits per heavy atom. The number of hydrogen-bond donors (Lipinski definition) is 2. The lowest BCUT2D eigenvalue weighted by atomic mass is 9.58. The molecule has 274 valence electrons. The van der Waals surface area contributed by atoms with Gasteiger partial charge in [0.05, 0.1) is 31.9 Å². The molecule has 2 unspecified atom stereocenters. The van der Waals surface area contributed by atoms with E-state index >= 15 is 0 Å². The zero-order valence-electron chi connectivity index (χ0n) is 31.0. The molecule has 1 aromatic heterocycles. The summed E-state index contributed by atoms with van der Waals surface area (Å²) in [5.41, 5.74) is 6.32. The molecule has 14 atom stereocenters. The minimum atomic E-state index is -1.23. The summed E-state index contributed by atoms with van der Waals surface area (Å²) in [6, 6.07) is 18.4. The van der Waals surface area contributed by atoms with Gasteiger partial charge >= 0.3 is 5.97 Å². The first kappa shape index (κ1) is 32.2. The normalized spacial score (nSPS) is 45.6. The van der Waals surface area contributed by atoms with Crippen LogP contribution >= 0.6 is 0 Å². The number of fused-ring (bicyclic) bond motifs is 10. The molecule has 2 aromatic carbocycles. The molecule has 3 aromatic rings. The highest BCUT2D eigenvalue weighted by Crippen LogP contribution is 2.73. The number of aliphatic hydroxyl groups is 2. The van der Waals surface area contributed by atoms with E-state index in [1.54, 1.807) is 0 Å². The van der Waals surface area contributed by atoms with Crippen molar-refractivity contribution in [2.45, 2.75) is 93.5 Å². The van der Waals surface area contributed by atoms with Crippen LogP contribution in [0.4, 0.5) is 5.69 Å². The number of allylic oxidation sites excluding steroid dienone is 1. The zero-order valence-corrected chi connectivity index (χ0v) is 31.0. The van der Waals surface area contributed by atoms with Crippen molar-refractivity contribution in [1.29, 1.82) is 0 Å². The van der Waals surface area contributed by atoms with E-state index in [0.29, 0.717) is 24.5 Å². The van der Waals surface area contributed by atoms with Crippen molar-refractivity contribution < 1.29 is 24.5 Å². The first-order valence-corrected chi connectivity index (χ1v) is 19.8. The molecule has 7 fully saturated rings. The molecule has 12 rings (SSSR count). The van der Waals surface area contributed by atoms with Gasteiger partial charge in [-0.15, -0.1) is 0 Å². The van der Waals surface area contributed by atoms with Crippen LogP contribution in [0.15, 0.2) is 60.2 Å². The molecule has 1 spiro atoms. The Kier molecular flexibility index (Phi) is 6.51. The van der Waals surface area contributed by atoms with Crippen molar-refractivity contribution in [3.05, 3.63) is 77.0 Å². The van der Waals surface area contributed by atoms with Crippen LogP contribution < -0.4 is 4.90 Å².